The quantitative estimate of drug-likeness (QED) is 0.277. The fraction of sp³-hybridized carbons (Fsp3) is 0.941. The molecule has 1 unspecified atom stereocenters. The summed E-state index contributed by atoms with van der Waals surface area (Å²) < 4.78 is 38.5. The Morgan fingerprint density at radius 1 is 0.577 bits per heavy atom. The Kier molecular flexibility index (Phi) is 37.1. The molecule has 0 radical (unpaired) electrons. The van der Waals surface area contributed by atoms with Crippen molar-refractivity contribution in [3.05, 3.63) is 0 Å². The van der Waals surface area contributed by atoms with Gasteiger partial charge < -0.3 is 42.7 Å². The predicted octanol–water partition coefficient (Wildman–Crippen LogP) is 0.438. The molecule has 9 heteroatoms. The molecule has 0 spiro atoms. The largest absolute Gasteiger partial charge is 0.382 e. The minimum atomic E-state index is -0.403. The van der Waals surface area contributed by atoms with Gasteiger partial charge in [0, 0.05) is 42.7 Å². The molecule has 0 aromatic carbocycles. The summed E-state index contributed by atoms with van der Waals surface area (Å²) in [5.74, 6) is 0. The summed E-state index contributed by atoms with van der Waals surface area (Å²) >= 11 is 0. The molecule has 0 aromatic rings. The average molecular weight is 386 g/mol. The maximum absolute atomic E-state index is 9.92. The first kappa shape index (κ1) is 30.1. The number of rotatable bonds is 16. The standard InChI is InChI=1S/C8H18O4.C5H10O3.C4H10O2/c1-9-3-5-11-7-8-12-6-4-10-2;1-7-4-5(3-6)8-2;1-5-3-4-6-2/h3-8H2,1-2H3;3,5H,4H2,1-2H3;3-4H2,1-2H3. The SMILES string of the molecule is COCC(C=O)OC.COCCOC.COCCOCCOCCOC. The van der Waals surface area contributed by atoms with Crippen molar-refractivity contribution in [2.24, 2.45) is 0 Å². The highest BCUT2D eigenvalue weighted by molar-refractivity contribution is 5.55. The minimum absolute atomic E-state index is 0.333. The molecule has 0 saturated heterocycles. The number of aldehydes is 1. The zero-order chi connectivity index (χ0) is 20.3. The van der Waals surface area contributed by atoms with E-state index >= 15 is 0 Å². The average Bonchev–Trinajstić information content (AvgIpc) is 2.67. The van der Waals surface area contributed by atoms with Crippen molar-refractivity contribution in [2.45, 2.75) is 6.10 Å². The number of hydrogen-bond donors (Lipinski definition) is 0. The van der Waals surface area contributed by atoms with Gasteiger partial charge in [0.05, 0.1) is 59.5 Å². The van der Waals surface area contributed by atoms with Gasteiger partial charge in [-0.05, 0) is 0 Å². The summed E-state index contributed by atoms with van der Waals surface area (Å²) in [4.78, 5) is 9.92. The van der Waals surface area contributed by atoms with Gasteiger partial charge in [0.1, 0.15) is 6.10 Å². The molecular formula is C17H38O9. The summed E-state index contributed by atoms with van der Waals surface area (Å²) in [6.07, 6.45) is 0.309. The Balaban J connectivity index is -0.000000328. The maximum Gasteiger partial charge on any atom is 0.151 e. The van der Waals surface area contributed by atoms with Crippen LogP contribution in [0.15, 0.2) is 0 Å². The summed E-state index contributed by atoms with van der Waals surface area (Å²) in [6.45, 7) is 5.48. The highest BCUT2D eigenvalue weighted by atomic mass is 16.6. The molecule has 0 fully saturated rings. The Morgan fingerprint density at radius 3 is 1.15 bits per heavy atom. The van der Waals surface area contributed by atoms with Crippen molar-refractivity contribution in [3.63, 3.8) is 0 Å². The van der Waals surface area contributed by atoms with Gasteiger partial charge in [-0.1, -0.05) is 0 Å². The molecule has 0 N–H and O–H groups in total. The van der Waals surface area contributed by atoms with Crippen LogP contribution in [0.1, 0.15) is 0 Å². The van der Waals surface area contributed by atoms with Gasteiger partial charge in [-0.25, -0.2) is 0 Å². The highest BCUT2D eigenvalue weighted by Gasteiger charge is 2.01. The first-order valence-corrected chi connectivity index (χ1v) is 8.26. The normalized spacial score (nSPS) is 11.0. The molecule has 0 bridgehead atoms. The highest BCUT2D eigenvalue weighted by Crippen LogP contribution is 1.83. The van der Waals surface area contributed by atoms with Crippen LogP contribution in [0.2, 0.25) is 0 Å². The van der Waals surface area contributed by atoms with Crippen molar-refractivity contribution >= 4 is 6.29 Å². The summed E-state index contributed by atoms with van der Waals surface area (Å²) in [5, 5.41) is 0. The third-order valence-corrected chi connectivity index (χ3v) is 2.51. The molecule has 1 atom stereocenters. The molecule has 0 heterocycles. The van der Waals surface area contributed by atoms with Crippen molar-refractivity contribution in [1.82, 2.24) is 0 Å². The second-order valence-corrected chi connectivity index (χ2v) is 4.56. The van der Waals surface area contributed by atoms with E-state index in [1.54, 1.807) is 28.4 Å². The van der Waals surface area contributed by atoms with E-state index in [1.807, 2.05) is 0 Å². The first-order valence-electron chi connectivity index (χ1n) is 8.26. The first-order chi connectivity index (χ1) is 12.7. The maximum atomic E-state index is 9.92. The molecule has 0 rings (SSSR count). The van der Waals surface area contributed by atoms with Crippen molar-refractivity contribution in [1.29, 1.82) is 0 Å². The second-order valence-electron chi connectivity index (χ2n) is 4.56. The number of ether oxygens (including phenoxy) is 8. The Bertz CT molecular complexity index is 216. The van der Waals surface area contributed by atoms with Crippen molar-refractivity contribution < 1.29 is 42.7 Å². The van der Waals surface area contributed by atoms with Crippen molar-refractivity contribution in [3.8, 4) is 0 Å². The zero-order valence-electron chi connectivity index (χ0n) is 17.2. The lowest BCUT2D eigenvalue weighted by atomic mass is 10.4. The third kappa shape index (κ3) is 34.6. The molecule has 9 nitrogen and oxygen atoms in total. The summed E-state index contributed by atoms with van der Waals surface area (Å²) in [5.41, 5.74) is 0. The van der Waals surface area contributed by atoms with Crippen LogP contribution in [-0.4, -0.2) is 115 Å². The lowest BCUT2D eigenvalue weighted by molar-refractivity contribution is -0.119. The molecule has 0 aliphatic heterocycles. The molecule has 0 aromatic heterocycles. The van der Waals surface area contributed by atoms with E-state index in [1.165, 1.54) is 14.2 Å². The lowest BCUT2D eigenvalue weighted by Crippen LogP contribution is -2.18. The molecule has 0 aliphatic carbocycles. The van der Waals surface area contributed by atoms with E-state index in [9.17, 15) is 4.79 Å². The lowest BCUT2D eigenvalue weighted by Gasteiger charge is -2.04. The van der Waals surface area contributed by atoms with Crippen molar-refractivity contribution in [2.75, 3.05) is 102 Å². The zero-order valence-corrected chi connectivity index (χ0v) is 17.2. The fourth-order valence-corrected chi connectivity index (χ4v) is 1.10. The molecule has 26 heavy (non-hydrogen) atoms. The van der Waals surface area contributed by atoms with Gasteiger partial charge in [-0.2, -0.15) is 0 Å². The molecule has 0 saturated carbocycles. The second kappa shape index (κ2) is 32.1. The number of carbonyl (C=O) groups is 1. The Morgan fingerprint density at radius 2 is 0.923 bits per heavy atom. The smallest absolute Gasteiger partial charge is 0.151 e. The van der Waals surface area contributed by atoms with Gasteiger partial charge in [-0.3, -0.25) is 0 Å². The predicted molar refractivity (Wildman–Crippen MR) is 97.9 cm³/mol. The van der Waals surface area contributed by atoms with E-state index in [0.29, 0.717) is 65.7 Å². The van der Waals surface area contributed by atoms with Gasteiger partial charge in [0.25, 0.3) is 0 Å². The van der Waals surface area contributed by atoms with Gasteiger partial charge >= 0.3 is 0 Å². The van der Waals surface area contributed by atoms with Gasteiger partial charge in [0.2, 0.25) is 0 Å². The van der Waals surface area contributed by atoms with Crippen LogP contribution < -0.4 is 0 Å². The van der Waals surface area contributed by atoms with Crippen LogP contribution in [0.4, 0.5) is 0 Å². The van der Waals surface area contributed by atoms with Crippen LogP contribution in [-0.2, 0) is 42.7 Å². The van der Waals surface area contributed by atoms with E-state index in [-0.39, 0.29) is 0 Å². The number of carbonyl (C=O) groups excluding carboxylic acids is 1. The minimum Gasteiger partial charge on any atom is -0.382 e. The Hall–Kier alpha value is -0.650. The fourth-order valence-electron chi connectivity index (χ4n) is 1.10. The van der Waals surface area contributed by atoms with Gasteiger partial charge in [0.15, 0.2) is 6.29 Å². The number of methoxy groups -OCH3 is 6. The van der Waals surface area contributed by atoms with E-state index in [0.717, 1.165) is 0 Å². The Labute approximate surface area is 158 Å². The number of hydrogen-bond acceptors (Lipinski definition) is 9. The topological polar surface area (TPSA) is 90.9 Å². The molecule has 160 valence electrons. The van der Waals surface area contributed by atoms with Crippen LogP contribution in [0.5, 0.6) is 0 Å². The van der Waals surface area contributed by atoms with Crippen LogP contribution in [0, 0.1) is 0 Å². The monoisotopic (exact) mass is 386 g/mol. The van der Waals surface area contributed by atoms with Gasteiger partial charge in [-0.15, -0.1) is 0 Å². The third-order valence-electron chi connectivity index (χ3n) is 2.51. The molecular weight excluding hydrogens is 348 g/mol. The van der Waals surface area contributed by atoms with Crippen LogP contribution in [0.3, 0.4) is 0 Å². The molecule has 0 amide bonds. The van der Waals surface area contributed by atoms with E-state index in [4.69, 9.17) is 18.9 Å². The summed E-state index contributed by atoms with van der Waals surface area (Å²) in [7, 11) is 9.60. The van der Waals surface area contributed by atoms with E-state index in [2.05, 4.69) is 18.9 Å². The van der Waals surface area contributed by atoms with Crippen LogP contribution in [0.25, 0.3) is 0 Å². The summed E-state index contributed by atoms with van der Waals surface area (Å²) in [6, 6.07) is 0. The van der Waals surface area contributed by atoms with Crippen LogP contribution >= 0.6 is 0 Å². The van der Waals surface area contributed by atoms with E-state index < -0.39 is 6.10 Å². The molecule has 0 aliphatic rings.